The Hall–Kier alpha value is -1.14. The van der Waals surface area contributed by atoms with E-state index in [1.54, 1.807) is 12.1 Å². The van der Waals surface area contributed by atoms with Gasteiger partial charge in [0.1, 0.15) is 5.69 Å². The molecule has 1 aliphatic rings. The van der Waals surface area contributed by atoms with Crippen molar-refractivity contribution in [3.8, 4) is 0 Å². The molecule has 2 N–H and O–H groups in total. The van der Waals surface area contributed by atoms with Gasteiger partial charge in [0.05, 0.1) is 4.92 Å². The van der Waals surface area contributed by atoms with Crippen molar-refractivity contribution in [2.75, 3.05) is 18.4 Å². The summed E-state index contributed by atoms with van der Waals surface area (Å²) in [4.78, 5) is 10.5. The third-order valence-corrected chi connectivity index (χ3v) is 3.10. The van der Waals surface area contributed by atoms with Crippen LogP contribution in [-0.2, 0) is 0 Å². The van der Waals surface area contributed by atoms with Crippen molar-refractivity contribution in [2.24, 2.45) is 0 Å². The molecule has 6 heteroatoms. The zero-order chi connectivity index (χ0) is 12.3. The predicted octanol–water partition coefficient (Wildman–Crippen LogP) is 2.52. The minimum Gasteiger partial charge on any atom is -0.378 e. The fourth-order valence-electron chi connectivity index (χ4n) is 1.57. The molecule has 1 fully saturated rings. The lowest BCUT2D eigenvalue weighted by Gasteiger charge is -2.07. The Morgan fingerprint density at radius 3 is 2.82 bits per heavy atom. The molecule has 92 valence electrons. The van der Waals surface area contributed by atoms with E-state index in [4.69, 9.17) is 0 Å². The van der Waals surface area contributed by atoms with Crippen LogP contribution in [0.4, 0.5) is 11.4 Å². The van der Waals surface area contributed by atoms with Crippen LogP contribution in [0.2, 0.25) is 0 Å². The Balaban J connectivity index is 1.91. The SMILES string of the molecule is O=[N+]([O-])c1cc(Br)ccc1NCCNC1CC1. The molecular formula is C11H14BrN3O2. The van der Waals surface area contributed by atoms with Crippen molar-refractivity contribution in [2.45, 2.75) is 18.9 Å². The molecular weight excluding hydrogens is 286 g/mol. The normalized spacial score (nSPS) is 14.6. The number of nitro benzene ring substituents is 1. The summed E-state index contributed by atoms with van der Waals surface area (Å²) in [6, 6.07) is 5.69. The Kier molecular flexibility index (Phi) is 3.96. The van der Waals surface area contributed by atoms with Gasteiger partial charge >= 0.3 is 0 Å². The lowest BCUT2D eigenvalue weighted by atomic mass is 10.2. The number of nitrogens with one attached hydrogen (secondary N) is 2. The van der Waals surface area contributed by atoms with E-state index in [1.165, 1.54) is 18.9 Å². The van der Waals surface area contributed by atoms with Crippen LogP contribution >= 0.6 is 15.9 Å². The van der Waals surface area contributed by atoms with Crippen molar-refractivity contribution in [1.29, 1.82) is 0 Å². The Morgan fingerprint density at radius 2 is 2.18 bits per heavy atom. The topological polar surface area (TPSA) is 67.2 Å². The van der Waals surface area contributed by atoms with Crippen LogP contribution in [0.5, 0.6) is 0 Å². The first-order chi connectivity index (χ1) is 8.16. The number of nitrogens with zero attached hydrogens (tertiary/aromatic N) is 1. The molecule has 0 heterocycles. The number of anilines is 1. The Morgan fingerprint density at radius 1 is 1.41 bits per heavy atom. The molecule has 5 nitrogen and oxygen atoms in total. The fourth-order valence-corrected chi connectivity index (χ4v) is 1.92. The van der Waals surface area contributed by atoms with E-state index >= 15 is 0 Å². The summed E-state index contributed by atoms with van der Waals surface area (Å²) in [5.41, 5.74) is 0.668. The van der Waals surface area contributed by atoms with Gasteiger partial charge in [-0.2, -0.15) is 0 Å². The van der Waals surface area contributed by atoms with Crippen LogP contribution in [0.25, 0.3) is 0 Å². The molecule has 1 aliphatic carbocycles. The van der Waals surface area contributed by atoms with Crippen molar-refractivity contribution in [3.05, 3.63) is 32.8 Å². The summed E-state index contributed by atoms with van der Waals surface area (Å²) >= 11 is 3.23. The van der Waals surface area contributed by atoms with E-state index in [2.05, 4.69) is 26.6 Å². The summed E-state index contributed by atoms with van der Waals surface area (Å²) in [6.45, 7) is 1.52. The van der Waals surface area contributed by atoms with E-state index in [0.29, 0.717) is 22.7 Å². The van der Waals surface area contributed by atoms with Crippen molar-refractivity contribution < 1.29 is 4.92 Å². The van der Waals surface area contributed by atoms with Crippen molar-refractivity contribution >= 4 is 27.3 Å². The monoisotopic (exact) mass is 299 g/mol. The van der Waals surface area contributed by atoms with Crippen LogP contribution in [0, 0.1) is 10.1 Å². The van der Waals surface area contributed by atoms with Crippen LogP contribution in [0.15, 0.2) is 22.7 Å². The molecule has 1 aromatic rings. The highest BCUT2D eigenvalue weighted by Gasteiger charge is 2.19. The van der Waals surface area contributed by atoms with Gasteiger partial charge in [0.2, 0.25) is 0 Å². The van der Waals surface area contributed by atoms with Crippen molar-refractivity contribution in [3.63, 3.8) is 0 Å². The molecule has 0 radical (unpaired) electrons. The number of hydrogen-bond acceptors (Lipinski definition) is 4. The first-order valence-corrected chi connectivity index (χ1v) is 6.37. The minimum absolute atomic E-state index is 0.103. The molecule has 0 unspecified atom stereocenters. The highest BCUT2D eigenvalue weighted by molar-refractivity contribution is 9.10. The third kappa shape index (κ3) is 3.67. The highest BCUT2D eigenvalue weighted by Crippen LogP contribution is 2.27. The average molecular weight is 300 g/mol. The second-order valence-corrected chi connectivity index (χ2v) is 4.99. The summed E-state index contributed by atoms with van der Waals surface area (Å²) in [7, 11) is 0. The quantitative estimate of drug-likeness (QED) is 0.481. The zero-order valence-electron chi connectivity index (χ0n) is 9.28. The molecule has 17 heavy (non-hydrogen) atoms. The molecule has 0 aliphatic heterocycles. The van der Waals surface area contributed by atoms with E-state index in [0.717, 1.165) is 6.54 Å². The lowest BCUT2D eigenvalue weighted by molar-refractivity contribution is -0.384. The molecule has 0 saturated heterocycles. The van der Waals surface area contributed by atoms with E-state index in [1.807, 2.05) is 0 Å². The minimum atomic E-state index is -0.374. The van der Waals surface area contributed by atoms with Gasteiger partial charge in [0.15, 0.2) is 0 Å². The maximum atomic E-state index is 10.9. The number of benzene rings is 1. The Labute approximate surface area is 108 Å². The fraction of sp³-hybridized carbons (Fsp3) is 0.455. The van der Waals surface area contributed by atoms with Gasteiger partial charge in [-0.25, -0.2) is 0 Å². The van der Waals surface area contributed by atoms with E-state index < -0.39 is 0 Å². The lowest BCUT2D eigenvalue weighted by Crippen LogP contribution is -2.24. The summed E-state index contributed by atoms with van der Waals surface area (Å²) < 4.78 is 0.714. The van der Waals surface area contributed by atoms with Crippen LogP contribution in [0.3, 0.4) is 0 Å². The summed E-state index contributed by atoms with van der Waals surface area (Å²) in [5.74, 6) is 0. The Bertz CT molecular complexity index is 421. The van der Waals surface area contributed by atoms with Gasteiger partial charge in [0.25, 0.3) is 5.69 Å². The largest absolute Gasteiger partial charge is 0.378 e. The van der Waals surface area contributed by atoms with Gasteiger partial charge in [-0.05, 0) is 25.0 Å². The van der Waals surface area contributed by atoms with Gasteiger partial charge < -0.3 is 10.6 Å². The first-order valence-electron chi connectivity index (χ1n) is 5.58. The zero-order valence-corrected chi connectivity index (χ0v) is 10.9. The van der Waals surface area contributed by atoms with E-state index in [-0.39, 0.29) is 10.6 Å². The predicted molar refractivity (Wildman–Crippen MR) is 70.3 cm³/mol. The molecule has 0 bridgehead atoms. The van der Waals surface area contributed by atoms with Crippen LogP contribution in [0.1, 0.15) is 12.8 Å². The molecule has 1 aromatic carbocycles. The molecule has 1 saturated carbocycles. The third-order valence-electron chi connectivity index (χ3n) is 2.61. The van der Waals surface area contributed by atoms with Gasteiger partial charge in [-0.15, -0.1) is 0 Å². The second-order valence-electron chi connectivity index (χ2n) is 4.07. The summed E-state index contributed by atoms with van der Waals surface area (Å²) in [6.07, 6.45) is 2.50. The number of rotatable bonds is 6. The van der Waals surface area contributed by atoms with Gasteiger partial charge in [-0.3, -0.25) is 10.1 Å². The molecule has 2 rings (SSSR count). The van der Waals surface area contributed by atoms with Gasteiger partial charge in [-0.1, -0.05) is 15.9 Å². The van der Waals surface area contributed by atoms with Gasteiger partial charge in [0, 0.05) is 29.7 Å². The molecule has 0 atom stereocenters. The summed E-state index contributed by atoms with van der Waals surface area (Å²) in [5, 5.41) is 17.3. The number of hydrogen-bond donors (Lipinski definition) is 2. The average Bonchev–Trinajstić information content (AvgIpc) is 3.09. The van der Waals surface area contributed by atoms with E-state index in [9.17, 15) is 10.1 Å². The maximum absolute atomic E-state index is 10.9. The first kappa shape index (κ1) is 12.3. The highest BCUT2D eigenvalue weighted by atomic mass is 79.9. The number of halogens is 1. The molecule has 0 aromatic heterocycles. The molecule has 0 spiro atoms. The smallest absolute Gasteiger partial charge is 0.293 e. The van der Waals surface area contributed by atoms with Crippen LogP contribution in [-0.4, -0.2) is 24.1 Å². The second kappa shape index (κ2) is 5.46. The standard InChI is InChI=1S/C11H14BrN3O2/c12-8-1-4-10(11(7-8)15(16)17)14-6-5-13-9-2-3-9/h1,4,7,9,13-14H,2-3,5-6H2. The van der Waals surface area contributed by atoms with Crippen LogP contribution < -0.4 is 10.6 Å². The molecule has 0 amide bonds. The number of nitro groups is 1. The van der Waals surface area contributed by atoms with Crippen molar-refractivity contribution in [1.82, 2.24) is 5.32 Å². The maximum Gasteiger partial charge on any atom is 0.293 e.